The van der Waals surface area contributed by atoms with Gasteiger partial charge in [-0.25, -0.2) is 0 Å². The molecule has 4 aliphatic carbocycles. The first kappa shape index (κ1) is 16.6. The number of rotatable bonds is 3. The van der Waals surface area contributed by atoms with E-state index in [4.69, 9.17) is 4.99 Å². The number of hydrogen-bond acceptors (Lipinski definition) is 2. The summed E-state index contributed by atoms with van der Waals surface area (Å²) >= 11 is 3.47. The topological polar surface area (TPSA) is 32.6 Å². The molecule has 0 amide bonds. The van der Waals surface area contributed by atoms with Crippen LogP contribution in [0, 0.1) is 21.7 Å². The van der Waals surface area contributed by atoms with Gasteiger partial charge in [0.1, 0.15) is 5.75 Å². The third-order valence-electron chi connectivity index (χ3n) is 6.61. The fourth-order valence-electron chi connectivity index (χ4n) is 7.69. The Kier molecular flexibility index (Phi) is 3.53. The molecule has 0 spiro atoms. The minimum atomic E-state index is 0.304. The second-order valence-electron chi connectivity index (χ2n) is 10.2. The molecule has 24 heavy (non-hydrogen) atoms. The van der Waals surface area contributed by atoms with E-state index in [2.05, 4.69) is 36.7 Å². The third kappa shape index (κ3) is 2.83. The molecule has 5 rings (SSSR count). The van der Waals surface area contributed by atoms with Gasteiger partial charge in [-0.3, -0.25) is 4.99 Å². The predicted octanol–water partition coefficient (Wildman–Crippen LogP) is 5.96. The van der Waals surface area contributed by atoms with Crippen LogP contribution in [0.15, 0.2) is 27.7 Å². The lowest BCUT2D eigenvalue weighted by Gasteiger charge is -2.69. The summed E-state index contributed by atoms with van der Waals surface area (Å²) in [5, 5.41) is 10.0. The number of aromatic hydroxyl groups is 1. The van der Waals surface area contributed by atoms with Gasteiger partial charge in [-0.15, -0.1) is 0 Å². The summed E-state index contributed by atoms with van der Waals surface area (Å²) < 4.78 is 0.976. The van der Waals surface area contributed by atoms with Crippen LogP contribution in [0.5, 0.6) is 5.75 Å². The largest absolute Gasteiger partial charge is 0.507 e. The Balaban J connectivity index is 1.58. The first-order valence-corrected chi connectivity index (χ1v) is 9.90. The number of benzene rings is 1. The summed E-state index contributed by atoms with van der Waals surface area (Å²) in [5.41, 5.74) is 2.69. The maximum Gasteiger partial charge on any atom is 0.124 e. The quantitative estimate of drug-likeness (QED) is 0.635. The lowest BCUT2D eigenvalue weighted by atomic mass is 9.36. The van der Waals surface area contributed by atoms with Crippen molar-refractivity contribution < 1.29 is 5.11 Å². The second kappa shape index (κ2) is 5.09. The molecule has 4 aliphatic rings. The Morgan fingerprint density at radius 3 is 2.08 bits per heavy atom. The van der Waals surface area contributed by atoms with Gasteiger partial charge in [-0.2, -0.15) is 0 Å². The molecule has 0 unspecified atom stereocenters. The zero-order chi connectivity index (χ0) is 17.2. The molecule has 1 N–H and O–H groups in total. The highest BCUT2D eigenvalue weighted by atomic mass is 79.9. The van der Waals surface area contributed by atoms with Crippen molar-refractivity contribution in [1.29, 1.82) is 0 Å². The van der Waals surface area contributed by atoms with Gasteiger partial charge in [-0.1, -0.05) is 36.7 Å². The Morgan fingerprint density at radius 1 is 1.00 bits per heavy atom. The van der Waals surface area contributed by atoms with E-state index in [0.717, 1.165) is 16.6 Å². The minimum Gasteiger partial charge on any atom is -0.507 e. The van der Waals surface area contributed by atoms with Crippen LogP contribution in [0.1, 0.15) is 64.9 Å². The van der Waals surface area contributed by atoms with Crippen LogP contribution in [0.2, 0.25) is 0 Å². The minimum absolute atomic E-state index is 0.304. The predicted molar refractivity (Wildman–Crippen MR) is 103 cm³/mol. The molecule has 1 aromatic rings. The summed E-state index contributed by atoms with van der Waals surface area (Å²) in [7, 11) is 0. The molecule has 0 radical (unpaired) electrons. The summed E-state index contributed by atoms with van der Waals surface area (Å²) in [4.78, 5) is 4.82. The monoisotopic (exact) mass is 389 g/mol. The van der Waals surface area contributed by atoms with Gasteiger partial charge in [0.25, 0.3) is 0 Å². The van der Waals surface area contributed by atoms with Crippen LogP contribution in [0.4, 0.5) is 0 Å². The zero-order valence-electron chi connectivity index (χ0n) is 15.0. The van der Waals surface area contributed by atoms with Crippen LogP contribution in [0.25, 0.3) is 0 Å². The maximum atomic E-state index is 10.0. The van der Waals surface area contributed by atoms with E-state index in [-0.39, 0.29) is 0 Å². The van der Waals surface area contributed by atoms with E-state index in [0.29, 0.717) is 27.4 Å². The number of halogens is 1. The van der Waals surface area contributed by atoms with Gasteiger partial charge in [0.15, 0.2) is 0 Å². The van der Waals surface area contributed by atoms with Gasteiger partial charge < -0.3 is 5.11 Å². The van der Waals surface area contributed by atoms with Gasteiger partial charge in [-0.05, 0) is 78.4 Å². The molecule has 1 aromatic carbocycles. The standard InChI is InChI=1S/C21H28BrNO/c1-18-8-19(2)10-20(3,9-18)13-21(11-18,12-19)14-23-7-15-6-16(22)4-5-17(15)24/h4-7,24H,8-14H2,1-3H3. The number of hydrogen-bond donors (Lipinski definition) is 1. The Morgan fingerprint density at radius 2 is 1.54 bits per heavy atom. The van der Waals surface area contributed by atoms with Crippen molar-refractivity contribution in [2.45, 2.75) is 59.3 Å². The molecule has 0 aromatic heterocycles. The molecule has 4 bridgehead atoms. The molecule has 130 valence electrons. The summed E-state index contributed by atoms with van der Waals surface area (Å²) in [6.45, 7) is 8.44. The number of phenolic OH excluding ortho intramolecular Hbond substituents is 1. The average molecular weight is 390 g/mol. The smallest absolute Gasteiger partial charge is 0.124 e. The Labute approximate surface area is 153 Å². The summed E-state index contributed by atoms with van der Waals surface area (Å²) in [6, 6.07) is 5.51. The van der Waals surface area contributed by atoms with Crippen molar-refractivity contribution in [1.82, 2.24) is 0 Å². The Hall–Kier alpha value is -0.830. The van der Waals surface area contributed by atoms with Crippen molar-refractivity contribution >= 4 is 22.1 Å². The van der Waals surface area contributed by atoms with Gasteiger partial charge >= 0.3 is 0 Å². The molecule has 4 fully saturated rings. The van der Waals surface area contributed by atoms with Crippen molar-refractivity contribution in [2.24, 2.45) is 26.7 Å². The van der Waals surface area contributed by atoms with Crippen LogP contribution in [0.3, 0.4) is 0 Å². The maximum absolute atomic E-state index is 10.0. The highest BCUT2D eigenvalue weighted by molar-refractivity contribution is 9.10. The molecule has 4 saturated carbocycles. The first-order chi connectivity index (χ1) is 11.1. The Bertz CT molecular complexity index is 656. The highest BCUT2D eigenvalue weighted by Crippen LogP contribution is 2.73. The molecule has 0 heterocycles. The van der Waals surface area contributed by atoms with Crippen LogP contribution >= 0.6 is 15.9 Å². The number of nitrogens with zero attached hydrogens (tertiary/aromatic N) is 1. The van der Waals surface area contributed by atoms with E-state index in [1.807, 2.05) is 18.3 Å². The number of aliphatic imine (C=N–C) groups is 1. The lowest BCUT2D eigenvalue weighted by molar-refractivity contribution is -0.179. The molecule has 3 heteroatoms. The van der Waals surface area contributed by atoms with Gasteiger partial charge in [0.2, 0.25) is 0 Å². The van der Waals surface area contributed by atoms with E-state index in [1.165, 1.54) is 38.5 Å². The molecule has 0 atom stereocenters. The number of phenols is 1. The van der Waals surface area contributed by atoms with Gasteiger partial charge in [0.05, 0.1) is 0 Å². The highest BCUT2D eigenvalue weighted by Gasteiger charge is 2.63. The summed E-state index contributed by atoms with van der Waals surface area (Å²) in [6.07, 6.45) is 10.0. The summed E-state index contributed by atoms with van der Waals surface area (Å²) in [5.74, 6) is 0.304. The van der Waals surface area contributed by atoms with E-state index in [1.54, 1.807) is 6.07 Å². The normalized spacial score (nSPS) is 43.7. The van der Waals surface area contributed by atoms with Gasteiger partial charge in [0, 0.05) is 22.8 Å². The van der Waals surface area contributed by atoms with Crippen molar-refractivity contribution in [3.63, 3.8) is 0 Å². The van der Waals surface area contributed by atoms with Crippen molar-refractivity contribution in [3.05, 3.63) is 28.2 Å². The molecule has 2 nitrogen and oxygen atoms in total. The molecular weight excluding hydrogens is 362 g/mol. The van der Waals surface area contributed by atoms with Crippen molar-refractivity contribution in [3.8, 4) is 5.75 Å². The first-order valence-electron chi connectivity index (χ1n) is 9.11. The van der Waals surface area contributed by atoms with Crippen LogP contribution < -0.4 is 0 Å². The van der Waals surface area contributed by atoms with E-state index < -0.39 is 0 Å². The fraction of sp³-hybridized carbons (Fsp3) is 0.667. The van der Waals surface area contributed by atoms with E-state index >= 15 is 0 Å². The van der Waals surface area contributed by atoms with Crippen LogP contribution in [-0.2, 0) is 0 Å². The SMILES string of the molecule is CC12CC3(C)CC(C)(C1)CC(CN=Cc1cc(Br)ccc1O)(C2)C3. The molecular formula is C21H28BrNO. The fourth-order valence-corrected chi connectivity index (χ4v) is 8.07. The van der Waals surface area contributed by atoms with Crippen molar-refractivity contribution in [2.75, 3.05) is 6.54 Å². The average Bonchev–Trinajstić information content (AvgIpc) is 2.37. The zero-order valence-corrected chi connectivity index (χ0v) is 16.6. The molecule has 0 aliphatic heterocycles. The lowest BCUT2D eigenvalue weighted by Crippen LogP contribution is -2.59. The van der Waals surface area contributed by atoms with Crippen LogP contribution in [-0.4, -0.2) is 17.9 Å². The third-order valence-corrected chi connectivity index (χ3v) is 7.11. The van der Waals surface area contributed by atoms with E-state index in [9.17, 15) is 5.11 Å². The molecule has 0 saturated heterocycles. The second-order valence-corrected chi connectivity index (χ2v) is 11.1.